The van der Waals surface area contributed by atoms with Gasteiger partial charge in [-0.2, -0.15) is 0 Å². The second-order valence-corrected chi connectivity index (χ2v) is 5.53. The Hall–Kier alpha value is -1.40. The molecule has 0 saturated carbocycles. The molecular formula is C14H20N2O4. The number of rotatable bonds is 3. The number of ether oxygens (including phenoxy) is 1. The number of likely N-dealkylation sites (tertiary alicyclic amines) is 1. The summed E-state index contributed by atoms with van der Waals surface area (Å²) in [6.45, 7) is 0.442. The fraction of sp³-hybridized carbons (Fsp3) is 0.714. The molecule has 2 aliphatic rings. The number of carbonyl (C=O) groups excluding carboxylic acids is 1. The average molecular weight is 280 g/mol. The van der Waals surface area contributed by atoms with Crippen LogP contribution in [0.4, 0.5) is 0 Å². The maximum absolute atomic E-state index is 12.6. The molecule has 110 valence electrons. The van der Waals surface area contributed by atoms with Gasteiger partial charge in [0.05, 0.1) is 24.4 Å². The highest BCUT2D eigenvalue weighted by molar-refractivity contribution is 5.93. The molecule has 3 rings (SSSR count). The zero-order valence-electron chi connectivity index (χ0n) is 11.7. The highest BCUT2D eigenvalue weighted by Crippen LogP contribution is 2.28. The summed E-state index contributed by atoms with van der Waals surface area (Å²) in [7, 11) is 1.63. The fourth-order valence-electron chi connectivity index (χ4n) is 3.16. The monoisotopic (exact) mass is 280 g/mol. The minimum absolute atomic E-state index is 0.0187. The van der Waals surface area contributed by atoms with Crippen molar-refractivity contribution >= 4 is 5.91 Å². The fourth-order valence-corrected chi connectivity index (χ4v) is 3.16. The topological polar surface area (TPSA) is 75.8 Å². The molecule has 1 aromatic heterocycles. The number of aliphatic hydroxyl groups excluding tert-OH is 1. The summed E-state index contributed by atoms with van der Waals surface area (Å²) in [4.78, 5) is 14.3. The molecule has 1 saturated heterocycles. The van der Waals surface area contributed by atoms with Crippen LogP contribution in [0.1, 0.15) is 41.1 Å². The number of methoxy groups -OCH3 is 1. The molecule has 6 nitrogen and oxygen atoms in total. The van der Waals surface area contributed by atoms with Crippen LogP contribution in [0.5, 0.6) is 0 Å². The number of hydrogen-bond donors (Lipinski definition) is 1. The third kappa shape index (κ3) is 2.23. The number of aliphatic hydroxyl groups is 1. The van der Waals surface area contributed by atoms with Gasteiger partial charge in [0.1, 0.15) is 0 Å². The molecule has 2 atom stereocenters. The van der Waals surface area contributed by atoms with E-state index in [-0.39, 0.29) is 24.7 Å². The van der Waals surface area contributed by atoms with E-state index in [9.17, 15) is 9.90 Å². The van der Waals surface area contributed by atoms with E-state index in [0.717, 1.165) is 36.9 Å². The van der Waals surface area contributed by atoms with Gasteiger partial charge in [-0.05, 0) is 32.1 Å². The van der Waals surface area contributed by atoms with Gasteiger partial charge in [-0.3, -0.25) is 4.79 Å². The molecule has 0 bridgehead atoms. The molecule has 0 aromatic carbocycles. The van der Waals surface area contributed by atoms with E-state index in [2.05, 4.69) is 5.16 Å². The van der Waals surface area contributed by atoms with Crippen LogP contribution in [-0.4, -0.2) is 53.5 Å². The predicted octanol–water partition coefficient (Wildman–Crippen LogP) is 0.775. The van der Waals surface area contributed by atoms with Gasteiger partial charge in [0.2, 0.25) is 5.76 Å². The molecule has 6 heteroatoms. The van der Waals surface area contributed by atoms with Crippen molar-refractivity contribution in [2.75, 3.05) is 20.3 Å². The van der Waals surface area contributed by atoms with E-state index in [1.807, 2.05) is 0 Å². The first kappa shape index (κ1) is 13.6. The highest BCUT2D eigenvalue weighted by atomic mass is 16.5. The van der Waals surface area contributed by atoms with Crippen molar-refractivity contribution < 1.29 is 19.2 Å². The molecule has 1 N–H and O–H groups in total. The molecule has 2 heterocycles. The summed E-state index contributed by atoms with van der Waals surface area (Å²) in [6, 6.07) is -0.197. The lowest BCUT2D eigenvalue weighted by Gasteiger charge is -2.22. The van der Waals surface area contributed by atoms with Gasteiger partial charge in [-0.1, -0.05) is 5.16 Å². The van der Waals surface area contributed by atoms with Gasteiger partial charge >= 0.3 is 0 Å². The summed E-state index contributed by atoms with van der Waals surface area (Å²) in [6.07, 6.45) is 4.55. The summed E-state index contributed by atoms with van der Waals surface area (Å²) < 4.78 is 10.6. The van der Waals surface area contributed by atoms with Crippen LogP contribution in [0.2, 0.25) is 0 Å². The number of carbonyl (C=O) groups is 1. The Balaban J connectivity index is 1.83. The van der Waals surface area contributed by atoms with Crippen molar-refractivity contribution in [3.8, 4) is 0 Å². The maximum atomic E-state index is 12.6. The number of aryl methyl sites for hydroxylation is 1. The molecule has 1 aromatic rings. The van der Waals surface area contributed by atoms with Gasteiger partial charge in [0.25, 0.3) is 5.91 Å². The highest BCUT2D eigenvalue weighted by Gasteiger charge is 2.38. The molecule has 1 aliphatic carbocycles. The zero-order chi connectivity index (χ0) is 14.1. The first-order valence-electron chi connectivity index (χ1n) is 7.16. The Morgan fingerprint density at radius 3 is 3.05 bits per heavy atom. The van der Waals surface area contributed by atoms with Crippen molar-refractivity contribution in [1.82, 2.24) is 10.1 Å². The van der Waals surface area contributed by atoms with Crippen LogP contribution >= 0.6 is 0 Å². The van der Waals surface area contributed by atoms with Crippen LogP contribution in [0.25, 0.3) is 0 Å². The first-order chi connectivity index (χ1) is 9.74. The second-order valence-electron chi connectivity index (χ2n) is 5.53. The maximum Gasteiger partial charge on any atom is 0.293 e. The average Bonchev–Trinajstić information content (AvgIpc) is 3.10. The normalized spacial score (nSPS) is 25.8. The second kappa shape index (κ2) is 5.54. The van der Waals surface area contributed by atoms with Crippen LogP contribution in [0.15, 0.2) is 4.52 Å². The molecule has 20 heavy (non-hydrogen) atoms. The number of aromatic nitrogens is 1. The predicted molar refractivity (Wildman–Crippen MR) is 70.5 cm³/mol. The van der Waals surface area contributed by atoms with Crippen molar-refractivity contribution in [3.63, 3.8) is 0 Å². The zero-order valence-corrected chi connectivity index (χ0v) is 11.7. The molecule has 0 radical (unpaired) electrons. The minimum atomic E-state index is -0.197. The Bertz CT molecular complexity index is 499. The Labute approximate surface area is 117 Å². The lowest BCUT2D eigenvalue weighted by molar-refractivity contribution is 0.0606. The van der Waals surface area contributed by atoms with E-state index in [1.54, 1.807) is 12.0 Å². The quantitative estimate of drug-likeness (QED) is 0.885. The van der Waals surface area contributed by atoms with Crippen LogP contribution in [0.3, 0.4) is 0 Å². The largest absolute Gasteiger partial charge is 0.394 e. The van der Waals surface area contributed by atoms with Gasteiger partial charge in [-0.25, -0.2) is 0 Å². The van der Waals surface area contributed by atoms with Gasteiger partial charge in [-0.15, -0.1) is 0 Å². The van der Waals surface area contributed by atoms with Crippen molar-refractivity contribution in [2.24, 2.45) is 0 Å². The summed E-state index contributed by atoms with van der Waals surface area (Å²) in [5, 5.41) is 13.5. The Kier molecular flexibility index (Phi) is 3.76. The first-order valence-corrected chi connectivity index (χ1v) is 7.16. The lowest BCUT2D eigenvalue weighted by Crippen LogP contribution is -2.38. The summed E-state index contributed by atoms with van der Waals surface area (Å²) >= 11 is 0. The molecule has 0 unspecified atom stereocenters. The van der Waals surface area contributed by atoms with Crippen LogP contribution in [-0.2, 0) is 17.6 Å². The van der Waals surface area contributed by atoms with Crippen molar-refractivity contribution in [3.05, 3.63) is 17.0 Å². The number of amides is 1. The molecule has 0 spiro atoms. The third-order valence-electron chi connectivity index (χ3n) is 4.34. The smallest absolute Gasteiger partial charge is 0.293 e. The molecule has 1 amide bonds. The van der Waals surface area contributed by atoms with E-state index in [4.69, 9.17) is 9.26 Å². The molecule has 1 fully saturated rings. The van der Waals surface area contributed by atoms with E-state index >= 15 is 0 Å². The van der Waals surface area contributed by atoms with Gasteiger partial charge < -0.3 is 19.3 Å². The van der Waals surface area contributed by atoms with Gasteiger partial charge in [0.15, 0.2) is 0 Å². The van der Waals surface area contributed by atoms with Crippen molar-refractivity contribution in [2.45, 2.75) is 44.2 Å². The summed E-state index contributed by atoms with van der Waals surface area (Å²) in [5.41, 5.74) is 1.88. The van der Waals surface area contributed by atoms with E-state index < -0.39 is 0 Å². The number of fused-ring (bicyclic) bond motifs is 1. The minimum Gasteiger partial charge on any atom is -0.394 e. The molecular weight excluding hydrogens is 260 g/mol. The SMILES string of the molecule is CO[C@H]1C[C@@H](CO)N(C(=O)c2onc3c2CCCC3)C1. The Morgan fingerprint density at radius 1 is 1.50 bits per heavy atom. The van der Waals surface area contributed by atoms with E-state index in [0.29, 0.717) is 18.7 Å². The van der Waals surface area contributed by atoms with E-state index in [1.165, 1.54) is 0 Å². The number of nitrogens with zero attached hydrogens (tertiary/aromatic N) is 2. The Morgan fingerprint density at radius 2 is 2.30 bits per heavy atom. The van der Waals surface area contributed by atoms with Crippen molar-refractivity contribution in [1.29, 1.82) is 0 Å². The van der Waals surface area contributed by atoms with Crippen LogP contribution in [0, 0.1) is 0 Å². The van der Waals surface area contributed by atoms with Gasteiger partial charge in [0, 0.05) is 19.2 Å². The summed E-state index contributed by atoms with van der Waals surface area (Å²) in [5.74, 6) is 0.189. The molecule has 1 aliphatic heterocycles. The van der Waals surface area contributed by atoms with Crippen LogP contribution < -0.4 is 0 Å². The lowest BCUT2D eigenvalue weighted by atomic mass is 9.96. The third-order valence-corrected chi connectivity index (χ3v) is 4.34. The number of hydrogen-bond acceptors (Lipinski definition) is 5. The standard InChI is InChI=1S/C14H20N2O4/c1-19-10-6-9(8-17)16(7-10)14(18)13-11-4-2-3-5-12(11)15-20-13/h9-10,17H,2-8H2,1H3/t9-,10-/m0/s1.